The molecule has 0 spiro atoms. The molecule has 30 heavy (non-hydrogen) atoms. The molecular formula is C25H34FN3O. The van der Waals surface area contributed by atoms with E-state index in [1.54, 1.807) is 12.1 Å². The minimum absolute atomic E-state index is 0.00856. The molecule has 5 heteroatoms. The molecule has 2 aromatic carbocycles. The highest BCUT2D eigenvalue weighted by atomic mass is 19.1. The molecule has 2 N–H and O–H groups in total. The van der Waals surface area contributed by atoms with Gasteiger partial charge in [-0.25, -0.2) is 4.39 Å². The first-order valence-electron chi connectivity index (χ1n) is 11.0. The molecule has 1 aliphatic rings. The lowest BCUT2D eigenvalue weighted by molar-refractivity contribution is -0.138. The van der Waals surface area contributed by atoms with Gasteiger partial charge in [-0.1, -0.05) is 49.4 Å². The molecular weight excluding hydrogens is 377 g/mol. The third-order valence-electron chi connectivity index (χ3n) is 6.68. The molecule has 0 bridgehead atoms. The zero-order valence-electron chi connectivity index (χ0n) is 18.3. The number of likely N-dealkylation sites (tertiary alicyclic amines) is 1. The number of amides is 1. The fourth-order valence-corrected chi connectivity index (χ4v) is 4.89. The van der Waals surface area contributed by atoms with Crippen LogP contribution in [0.4, 0.5) is 4.39 Å². The SMILES string of the molecule is CC[C@@H](c1cccc(F)c1)[C@@H](CNC)C(=O)N1CCC(NC)(c2ccccc2)CC1. The maximum Gasteiger partial charge on any atom is 0.227 e. The second-order valence-electron chi connectivity index (χ2n) is 8.26. The van der Waals surface area contributed by atoms with E-state index in [0.717, 1.165) is 24.8 Å². The van der Waals surface area contributed by atoms with Crippen LogP contribution in [0.25, 0.3) is 0 Å². The number of piperidine rings is 1. The number of nitrogens with zero attached hydrogens (tertiary/aromatic N) is 1. The highest BCUT2D eigenvalue weighted by Gasteiger charge is 2.39. The van der Waals surface area contributed by atoms with Crippen molar-refractivity contribution >= 4 is 5.91 Å². The molecule has 0 aromatic heterocycles. The maximum absolute atomic E-state index is 13.8. The number of benzene rings is 2. The number of hydrogen-bond acceptors (Lipinski definition) is 3. The van der Waals surface area contributed by atoms with Crippen LogP contribution in [0.2, 0.25) is 0 Å². The van der Waals surface area contributed by atoms with Crippen molar-refractivity contribution in [2.45, 2.75) is 37.6 Å². The highest BCUT2D eigenvalue weighted by molar-refractivity contribution is 5.80. The number of halogens is 1. The Morgan fingerprint density at radius 2 is 1.80 bits per heavy atom. The van der Waals surface area contributed by atoms with E-state index in [1.807, 2.05) is 31.1 Å². The fraction of sp³-hybridized carbons (Fsp3) is 0.480. The molecule has 2 atom stereocenters. The van der Waals surface area contributed by atoms with Gasteiger partial charge < -0.3 is 15.5 Å². The topological polar surface area (TPSA) is 44.4 Å². The lowest BCUT2D eigenvalue weighted by atomic mass is 9.79. The van der Waals surface area contributed by atoms with Gasteiger partial charge in [0.05, 0.1) is 5.92 Å². The molecule has 1 amide bonds. The Labute approximate surface area is 179 Å². The average Bonchev–Trinajstić information content (AvgIpc) is 2.79. The standard InChI is InChI=1S/C25H34FN3O/c1-4-22(19-9-8-12-21(26)17-19)23(18-27-2)24(30)29-15-13-25(28-3,14-16-29)20-10-6-5-7-11-20/h5-12,17,22-23,27-28H,4,13-16,18H2,1-3H3/t22-,23+/m0/s1. The van der Waals surface area contributed by atoms with Gasteiger partial charge in [-0.3, -0.25) is 4.79 Å². The van der Waals surface area contributed by atoms with Gasteiger partial charge in [0.1, 0.15) is 5.82 Å². The first-order valence-corrected chi connectivity index (χ1v) is 11.0. The molecule has 0 saturated carbocycles. The smallest absolute Gasteiger partial charge is 0.227 e. The summed E-state index contributed by atoms with van der Waals surface area (Å²) in [5, 5.41) is 6.71. The van der Waals surface area contributed by atoms with Crippen LogP contribution in [-0.2, 0) is 10.3 Å². The third kappa shape index (κ3) is 4.73. The molecule has 1 fully saturated rings. The molecule has 1 heterocycles. The fourth-order valence-electron chi connectivity index (χ4n) is 4.89. The van der Waals surface area contributed by atoms with Crippen LogP contribution < -0.4 is 10.6 Å². The van der Waals surface area contributed by atoms with Gasteiger partial charge in [0.25, 0.3) is 0 Å². The van der Waals surface area contributed by atoms with Crippen molar-refractivity contribution in [1.82, 2.24) is 15.5 Å². The molecule has 4 nitrogen and oxygen atoms in total. The largest absolute Gasteiger partial charge is 0.342 e. The van der Waals surface area contributed by atoms with E-state index in [4.69, 9.17) is 0 Å². The van der Waals surface area contributed by atoms with E-state index in [-0.39, 0.29) is 29.1 Å². The first-order chi connectivity index (χ1) is 14.5. The summed E-state index contributed by atoms with van der Waals surface area (Å²) in [7, 11) is 3.88. The summed E-state index contributed by atoms with van der Waals surface area (Å²) in [5.74, 6) is -0.300. The van der Waals surface area contributed by atoms with Crippen molar-refractivity contribution in [3.05, 3.63) is 71.5 Å². The zero-order valence-corrected chi connectivity index (χ0v) is 18.3. The summed E-state index contributed by atoms with van der Waals surface area (Å²) >= 11 is 0. The number of carbonyl (C=O) groups excluding carboxylic acids is 1. The molecule has 162 valence electrons. The van der Waals surface area contributed by atoms with E-state index >= 15 is 0 Å². The van der Waals surface area contributed by atoms with Gasteiger partial charge in [-0.15, -0.1) is 0 Å². The van der Waals surface area contributed by atoms with Crippen LogP contribution >= 0.6 is 0 Å². The van der Waals surface area contributed by atoms with Crippen molar-refractivity contribution in [3.63, 3.8) is 0 Å². The molecule has 1 aliphatic heterocycles. The number of hydrogen-bond donors (Lipinski definition) is 2. The van der Waals surface area contributed by atoms with Gasteiger partial charge in [-0.05, 0) is 62.5 Å². The minimum atomic E-state index is -0.249. The Hall–Kier alpha value is -2.24. The normalized spacial score (nSPS) is 18.1. The molecule has 0 unspecified atom stereocenters. The van der Waals surface area contributed by atoms with Crippen molar-refractivity contribution in [1.29, 1.82) is 0 Å². The van der Waals surface area contributed by atoms with Crippen LogP contribution in [0.3, 0.4) is 0 Å². The molecule has 3 rings (SSSR count). The molecule has 2 aromatic rings. The Bertz CT molecular complexity index is 818. The molecule has 0 radical (unpaired) electrons. The van der Waals surface area contributed by atoms with E-state index in [2.05, 4.69) is 41.8 Å². The van der Waals surface area contributed by atoms with Gasteiger partial charge in [0.15, 0.2) is 0 Å². The molecule has 0 aliphatic carbocycles. The van der Waals surface area contributed by atoms with Gasteiger partial charge in [0.2, 0.25) is 5.91 Å². The predicted molar refractivity (Wildman–Crippen MR) is 120 cm³/mol. The predicted octanol–water partition coefficient (Wildman–Crippen LogP) is 3.89. The monoisotopic (exact) mass is 411 g/mol. The summed E-state index contributed by atoms with van der Waals surface area (Å²) in [6.45, 7) is 4.09. The van der Waals surface area contributed by atoms with Crippen LogP contribution in [0.15, 0.2) is 54.6 Å². The van der Waals surface area contributed by atoms with E-state index < -0.39 is 0 Å². The summed E-state index contributed by atoms with van der Waals surface area (Å²) in [6.07, 6.45) is 2.55. The summed E-state index contributed by atoms with van der Waals surface area (Å²) in [5.41, 5.74) is 2.08. The summed E-state index contributed by atoms with van der Waals surface area (Å²) in [4.78, 5) is 15.6. The second kappa shape index (κ2) is 10.2. The quantitative estimate of drug-likeness (QED) is 0.693. The highest BCUT2D eigenvalue weighted by Crippen LogP contribution is 2.35. The van der Waals surface area contributed by atoms with Crippen LogP contribution in [0.1, 0.15) is 43.2 Å². The Morgan fingerprint density at radius 1 is 1.10 bits per heavy atom. The van der Waals surface area contributed by atoms with Gasteiger partial charge in [-0.2, -0.15) is 0 Å². The number of nitrogens with one attached hydrogen (secondary N) is 2. The van der Waals surface area contributed by atoms with Crippen molar-refractivity contribution in [3.8, 4) is 0 Å². The Balaban J connectivity index is 1.77. The minimum Gasteiger partial charge on any atom is -0.342 e. The van der Waals surface area contributed by atoms with Crippen molar-refractivity contribution in [2.24, 2.45) is 5.92 Å². The van der Waals surface area contributed by atoms with E-state index in [0.29, 0.717) is 19.6 Å². The molecule has 1 saturated heterocycles. The number of carbonyl (C=O) groups is 1. The Kier molecular flexibility index (Phi) is 7.62. The van der Waals surface area contributed by atoms with E-state index in [9.17, 15) is 9.18 Å². The van der Waals surface area contributed by atoms with Crippen LogP contribution in [-0.4, -0.2) is 44.5 Å². The summed E-state index contributed by atoms with van der Waals surface area (Å²) in [6, 6.07) is 17.2. The second-order valence-corrected chi connectivity index (χ2v) is 8.26. The average molecular weight is 412 g/mol. The Morgan fingerprint density at radius 3 is 2.37 bits per heavy atom. The van der Waals surface area contributed by atoms with Crippen LogP contribution in [0, 0.1) is 11.7 Å². The van der Waals surface area contributed by atoms with Crippen molar-refractivity contribution < 1.29 is 9.18 Å². The van der Waals surface area contributed by atoms with Crippen LogP contribution in [0.5, 0.6) is 0 Å². The third-order valence-corrected chi connectivity index (χ3v) is 6.68. The van der Waals surface area contributed by atoms with Gasteiger partial charge in [0, 0.05) is 25.2 Å². The van der Waals surface area contributed by atoms with E-state index in [1.165, 1.54) is 11.6 Å². The van der Waals surface area contributed by atoms with Crippen molar-refractivity contribution in [2.75, 3.05) is 33.7 Å². The maximum atomic E-state index is 13.8. The first kappa shape index (κ1) is 22.4. The summed E-state index contributed by atoms with van der Waals surface area (Å²) < 4.78 is 13.8. The zero-order chi connectivity index (χ0) is 21.6. The number of rotatable bonds is 8. The lowest BCUT2D eigenvalue weighted by Gasteiger charge is -2.43. The van der Waals surface area contributed by atoms with Gasteiger partial charge >= 0.3 is 0 Å². The lowest BCUT2D eigenvalue weighted by Crippen LogP contribution is -2.53.